The number of hydrogen-bond acceptors (Lipinski definition) is 3. The minimum atomic E-state index is -3.14. The zero-order valence-electron chi connectivity index (χ0n) is 14.0. The first-order valence-electron chi connectivity index (χ1n) is 6.90. The van der Waals surface area contributed by atoms with Crippen LogP contribution in [0.15, 0.2) is 21.7 Å². The third-order valence-electron chi connectivity index (χ3n) is 3.72. The molecule has 0 fully saturated rings. The summed E-state index contributed by atoms with van der Waals surface area (Å²) >= 11 is 3.45. The lowest BCUT2D eigenvalue weighted by Gasteiger charge is -2.27. The molecule has 0 bridgehead atoms. The van der Waals surface area contributed by atoms with Gasteiger partial charge in [0, 0.05) is 50.3 Å². The smallest absolute Gasteiger partial charge is 0.193 e. The number of aromatic nitrogens is 1. The molecule has 0 aliphatic carbocycles. The second-order valence-electron chi connectivity index (χ2n) is 6.05. The first-order valence-corrected chi connectivity index (χ1v) is 9.58. The second-order valence-corrected chi connectivity index (χ2v) is 9.61. The summed E-state index contributed by atoms with van der Waals surface area (Å²) < 4.78 is 25.7. The molecule has 22 heavy (non-hydrogen) atoms. The Balaban J connectivity index is 2.75. The summed E-state index contributed by atoms with van der Waals surface area (Å²) in [5.41, 5.74) is 1.12. The van der Waals surface area contributed by atoms with Gasteiger partial charge in [-0.1, -0.05) is 0 Å². The summed E-state index contributed by atoms with van der Waals surface area (Å²) in [6.45, 7) is 4.38. The Morgan fingerprint density at radius 1 is 1.50 bits per heavy atom. The van der Waals surface area contributed by atoms with E-state index in [-0.39, 0.29) is 0 Å². The highest BCUT2D eigenvalue weighted by Gasteiger charge is 2.30. The number of sulfone groups is 1. The minimum Gasteiger partial charge on any atom is -0.355 e. The summed E-state index contributed by atoms with van der Waals surface area (Å²) in [6.07, 6.45) is 3.24. The molecule has 0 aliphatic heterocycles. The van der Waals surface area contributed by atoms with E-state index in [1.807, 2.05) is 35.8 Å². The Hall–Kier alpha value is -1.02. The lowest BCUT2D eigenvalue weighted by Crippen LogP contribution is -2.48. The molecule has 0 atom stereocenters. The van der Waals surface area contributed by atoms with Gasteiger partial charge >= 0.3 is 0 Å². The molecule has 8 heteroatoms. The highest BCUT2D eigenvalue weighted by Crippen LogP contribution is 2.16. The van der Waals surface area contributed by atoms with Crippen LogP contribution in [0.1, 0.15) is 19.5 Å². The number of guanidine groups is 1. The van der Waals surface area contributed by atoms with Gasteiger partial charge in [0.05, 0.1) is 11.3 Å². The highest BCUT2D eigenvalue weighted by molar-refractivity contribution is 9.10. The summed E-state index contributed by atoms with van der Waals surface area (Å²) in [4.78, 5) is 6.18. The van der Waals surface area contributed by atoms with Crippen molar-refractivity contribution < 1.29 is 8.42 Å². The molecule has 1 aromatic rings. The van der Waals surface area contributed by atoms with Crippen molar-refractivity contribution in [2.45, 2.75) is 25.1 Å². The van der Waals surface area contributed by atoms with Gasteiger partial charge in [-0.2, -0.15) is 0 Å². The normalized spacial score (nSPS) is 13.3. The van der Waals surface area contributed by atoms with E-state index < -0.39 is 14.6 Å². The van der Waals surface area contributed by atoms with Crippen LogP contribution in [-0.2, 0) is 23.4 Å². The molecule has 0 aromatic carbocycles. The molecule has 0 saturated heterocycles. The van der Waals surface area contributed by atoms with Gasteiger partial charge in [0.15, 0.2) is 15.8 Å². The Kier molecular flexibility index (Phi) is 6.09. The molecular formula is C14H25BrN4O2S. The molecule has 1 heterocycles. The van der Waals surface area contributed by atoms with E-state index in [4.69, 9.17) is 0 Å². The van der Waals surface area contributed by atoms with Crippen LogP contribution in [-0.4, -0.2) is 55.5 Å². The van der Waals surface area contributed by atoms with Gasteiger partial charge in [0.25, 0.3) is 0 Å². The second kappa shape index (κ2) is 7.04. The maximum Gasteiger partial charge on any atom is 0.193 e. The van der Waals surface area contributed by atoms with Crippen molar-refractivity contribution in [2.75, 3.05) is 26.9 Å². The van der Waals surface area contributed by atoms with E-state index in [9.17, 15) is 8.42 Å². The fourth-order valence-corrected chi connectivity index (χ4v) is 2.75. The Morgan fingerprint density at radius 3 is 2.50 bits per heavy atom. The summed E-state index contributed by atoms with van der Waals surface area (Å²) in [6, 6.07) is 2.05. The molecular weight excluding hydrogens is 368 g/mol. The third kappa shape index (κ3) is 4.74. The van der Waals surface area contributed by atoms with Crippen molar-refractivity contribution in [3.63, 3.8) is 0 Å². The van der Waals surface area contributed by atoms with Crippen molar-refractivity contribution in [1.82, 2.24) is 14.8 Å². The average Bonchev–Trinajstić information content (AvgIpc) is 2.67. The van der Waals surface area contributed by atoms with E-state index >= 15 is 0 Å². The van der Waals surface area contributed by atoms with Gasteiger partial charge in [-0.05, 0) is 35.8 Å². The Labute approximate surface area is 141 Å². The van der Waals surface area contributed by atoms with Crippen LogP contribution in [0.4, 0.5) is 0 Å². The molecule has 0 aliphatic rings. The molecule has 6 nitrogen and oxygen atoms in total. The van der Waals surface area contributed by atoms with Crippen LogP contribution in [0, 0.1) is 0 Å². The van der Waals surface area contributed by atoms with E-state index in [1.165, 1.54) is 6.26 Å². The van der Waals surface area contributed by atoms with Gasteiger partial charge in [0.1, 0.15) is 0 Å². The summed E-state index contributed by atoms with van der Waals surface area (Å²) in [5, 5.41) is 3.14. The molecule has 126 valence electrons. The average molecular weight is 393 g/mol. The zero-order valence-corrected chi connectivity index (χ0v) is 16.4. The van der Waals surface area contributed by atoms with Crippen molar-refractivity contribution >= 4 is 31.7 Å². The molecule has 1 aromatic heterocycles. The van der Waals surface area contributed by atoms with Crippen LogP contribution >= 0.6 is 15.9 Å². The van der Waals surface area contributed by atoms with Gasteiger partial charge in [0.2, 0.25) is 0 Å². The molecule has 0 spiro atoms. The molecule has 0 radical (unpaired) electrons. The van der Waals surface area contributed by atoms with Gasteiger partial charge in [-0.15, -0.1) is 0 Å². The SMILES string of the molecule is CN=C(NCC(C)(C)S(C)(=O)=O)N(C)Cc1cc(Br)cn1C. The number of halogens is 1. The predicted molar refractivity (Wildman–Crippen MR) is 94.9 cm³/mol. The quantitative estimate of drug-likeness (QED) is 0.610. The highest BCUT2D eigenvalue weighted by atomic mass is 79.9. The van der Waals surface area contributed by atoms with E-state index in [0.29, 0.717) is 19.0 Å². The zero-order chi connectivity index (χ0) is 17.1. The minimum absolute atomic E-state index is 0.305. The number of nitrogens with one attached hydrogen (secondary N) is 1. The van der Waals surface area contributed by atoms with E-state index in [1.54, 1.807) is 20.9 Å². The molecule has 1 N–H and O–H groups in total. The van der Waals surface area contributed by atoms with Crippen molar-refractivity contribution in [3.8, 4) is 0 Å². The molecule has 0 amide bonds. The fraction of sp³-hybridized carbons (Fsp3) is 0.643. The van der Waals surface area contributed by atoms with Gasteiger partial charge < -0.3 is 14.8 Å². The lowest BCUT2D eigenvalue weighted by atomic mass is 10.2. The maximum atomic E-state index is 11.8. The van der Waals surface area contributed by atoms with Crippen LogP contribution in [0.3, 0.4) is 0 Å². The largest absolute Gasteiger partial charge is 0.355 e. The molecule has 0 unspecified atom stereocenters. The summed E-state index contributed by atoms with van der Waals surface area (Å²) in [5.74, 6) is 0.661. The van der Waals surface area contributed by atoms with Gasteiger partial charge in [-0.3, -0.25) is 4.99 Å². The van der Waals surface area contributed by atoms with Gasteiger partial charge in [-0.25, -0.2) is 8.42 Å². The van der Waals surface area contributed by atoms with E-state index in [2.05, 4.69) is 26.2 Å². The van der Waals surface area contributed by atoms with Crippen molar-refractivity contribution in [2.24, 2.45) is 12.0 Å². The van der Waals surface area contributed by atoms with Crippen LogP contribution in [0.2, 0.25) is 0 Å². The number of nitrogens with zero attached hydrogens (tertiary/aromatic N) is 3. The number of rotatable bonds is 5. The van der Waals surface area contributed by atoms with Crippen LogP contribution in [0.5, 0.6) is 0 Å². The molecule has 1 rings (SSSR count). The maximum absolute atomic E-state index is 11.8. The lowest BCUT2D eigenvalue weighted by molar-refractivity contribution is 0.454. The van der Waals surface area contributed by atoms with Crippen LogP contribution < -0.4 is 5.32 Å². The standard InChI is InChI=1S/C14H25BrN4O2S/c1-14(2,22(6,20)21)10-17-13(16-3)19(5)9-12-7-11(15)8-18(12)4/h7-8H,9-10H2,1-6H3,(H,16,17). The van der Waals surface area contributed by atoms with E-state index in [0.717, 1.165) is 10.2 Å². The van der Waals surface area contributed by atoms with Crippen molar-refractivity contribution in [1.29, 1.82) is 0 Å². The molecule has 0 saturated carbocycles. The van der Waals surface area contributed by atoms with Crippen LogP contribution in [0.25, 0.3) is 0 Å². The topological polar surface area (TPSA) is 66.7 Å². The Morgan fingerprint density at radius 2 is 2.09 bits per heavy atom. The first kappa shape index (κ1) is 19.0. The first-order chi connectivity index (χ1) is 9.98. The third-order valence-corrected chi connectivity index (χ3v) is 6.31. The Bertz CT molecular complexity index is 650. The predicted octanol–water partition coefficient (Wildman–Crippen LogP) is 1.62. The fourth-order valence-electron chi connectivity index (χ4n) is 1.85. The monoisotopic (exact) mass is 392 g/mol. The summed E-state index contributed by atoms with van der Waals surface area (Å²) in [7, 11) is 2.45. The van der Waals surface area contributed by atoms with Crippen molar-refractivity contribution in [3.05, 3.63) is 22.4 Å². The number of aryl methyl sites for hydroxylation is 1. The number of aliphatic imine (C=N–C) groups is 1. The number of hydrogen-bond donors (Lipinski definition) is 1.